The van der Waals surface area contributed by atoms with Crippen molar-refractivity contribution in [2.24, 2.45) is 0 Å². The average molecular weight is 301 g/mol. The number of hydrogen-bond donors (Lipinski definition) is 1. The molecule has 6 nitrogen and oxygen atoms in total. The monoisotopic (exact) mass is 300 g/mol. The topological polar surface area (TPSA) is 80.9 Å². The number of carbonyl (C=O) groups is 1. The molecule has 2 rings (SSSR count). The highest BCUT2D eigenvalue weighted by molar-refractivity contribution is 6.38. The number of aromatic carboxylic acids is 1. The van der Waals surface area contributed by atoms with Crippen molar-refractivity contribution in [2.75, 3.05) is 0 Å². The number of carboxylic acids is 1. The van der Waals surface area contributed by atoms with Crippen molar-refractivity contribution in [2.45, 2.75) is 19.8 Å². The SMILES string of the molecule is CC(C)c1nnnn1-c1c(Cl)cc(C(=O)O)cc1Cl. The summed E-state index contributed by atoms with van der Waals surface area (Å²) < 4.78 is 1.42. The third-order valence-corrected chi connectivity index (χ3v) is 3.06. The molecule has 0 saturated heterocycles. The van der Waals surface area contributed by atoms with Gasteiger partial charge in [-0.3, -0.25) is 0 Å². The van der Waals surface area contributed by atoms with E-state index in [0.29, 0.717) is 11.5 Å². The standard InChI is InChI=1S/C11H10Cl2N4O2/c1-5(2)10-14-15-16-17(10)9-7(12)3-6(11(18)19)4-8(9)13/h3-5H,1-2H3,(H,18,19). The molecular formula is C11H10Cl2N4O2. The molecule has 19 heavy (non-hydrogen) atoms. The second-order valence-corrected chi connectivity index (χ2v) is 5.01. The van der Waals surface area contributed by atoms with Gasteiger partial charge in [0.1, 0.15) is 5.69 Å². The molecule has 0 unspecified atom stereocenters. The van der Waals surface area contributed by atoms with Gasteiger partial charge in [0.25, 0.3) is 0 Å². The van der Waals surface area contributed by atoms with Crippen LogP contribution in [-0.2, 0) is 0 Å². The van der Waals surface area contributed by atoms with Crippen LogP contribution in [0.1, 0.15) is 35.9 Å². The number of halogens is 2. The first-order valence-electron chi connectivity index (χ1n) is 5.42. The average Bonchev–Trinajstić information content (AvgIpc) is 2.76. The minimum atomic E-state index is -1.10. The number of rotatable bonds is 3. The summed E-state index contributed by atoms with van der Waals surface area (Å²) in [7, 11) is 0. The lowest BCUT2D eigenvalue weighted by molar-refractivity contribution is 0.0697. The maximum atomic E-state index is 10.9. The summed E-state index contributed by atoms with van der Waals surface area (Å²) in [5, 5.41) is 20.6. The predicted molar refractivity (Wildman–Crippen MR) is 70.2 cm³/mol. The van der Waals surface area contributed by atoms with Crippen LogP contribution in [0, 0.1) is 0 Å². The molecule has 8 heteroatoms. The van der Waals surface area contributed by atoms with Crippen LogP contribution in [0.5, 0.6) is 0 Å². The van der Waals surface area contributed by atoms with Gasteiger partial charge in [0, 0.05) is 5.92 Å². The fourth-order valence-corrected chi connectivity index (χ4v) is 2.25. The van der Waals surface area contributed by atoms with Gasteiger partial charge in [-0.15, -0.1) is 5.10 Å². The molecule has 1 heterocycles. The van der Waals surface area contributed by atoms with Crippen LogP contribution in [0.15, 0.2) is 12.1 Å². The van der Waals surface area contributed by atoms with Crippen molar-refractivity contribution in [3.05, 3.63) is 33.6 Å². The van der Waals surface area contributed by atoms with Crippen LogP contribution in [0.4, 0.5) is 0 Å². The molecule has 0 aliphatic rings. The summed E-state index contributed by atoms with van der Waals surface area (Å²) in [5.41, 5.74) is 0.389. The first kappa shape index (κ1) is 13.8. The number of hydrogen-bond acceptors (Lipinski definition) is 4. The first-order chi connectivity index (χ1) is 8.91. The summed E-state index contributed by atoms with van der Waals surface area (Å²) in [6.45, 7) is 3.85. The summed E-state index contributed by atoms with van der Waals surface area (Å²) in [5.74, 6) is -0.440. The zero-order valence-corrected chi connectivity index (χ0v) is 11.6. The zero-order chi connectivity index (χ0) is 14.2. The molecule has 2 aromatic rings. The largest absolute Gasteiger partial charge is 0.478 e. The third-order valence-electron chi connectivity index (χ3n) is 2.49. The van der Waals surface area contributed by atoms with Crippen molar-refractivity contribution >= 4 is 29.2 Å². The molecule has 0 radical (unpaired) electrons. The summed E-state index contributed by atoms with van der Waals surface area (Å²) in [6.07, 6.45) is 0. The number of carboxylic acid groups (broad SMARTS) is 1. The molecule has 0 bridgehead atoms. The van der Waals surface area contributed by atoms with E-state index in [9.17, 15) is 4.79 Å². The lowest BCUT2D eigenvalue weighted by atomic mass is 10.2. The van der Waals surface area contributed by atoms with Gasteiger partial charge in [0.15, 0.2) is 5.82 Å². The zero-order valence-electron chi connectivity index (χ0n) is 10.1. The summed E-state index contributed by atoms with van der Waals surface area (Å²) in [6, 6.07) is 2.63. The fourth-order valence-electron chi connectivity index (χ4n) is 1.60. The quantitative estimate of drug-likeness (QED) is 0.942. The van der Waals surface area contributed by atoms with Crippen LogP contribution >= 0.6 is 23.2 Å². The Morgan fingerprint density at radius 2 is 1.89 bits per heavy atom. The van der Waals surface area contributed by atoms with Crippen molar-refractivity contribution in [3.63, 3.8) is 0 Å². The second-order valence-electron chi connectivity index (χ2n) is 4.20. The molecule has 0 spiro atoms. The molecule has 0 atom stereocenters. The number of benzene rings is 1. The third kappa shape index (κ3) is 2.54. The predicted octanol–water partition coefficient (Wildman–Crippen LogP) is 2.79. The second kappa shape index (κ2) is 5.14. The van der Waals surface area contributed by atoms with Gasteiger partial charge >= 0.3 is 5.97 Å². The van der Waals surface area contributed by atoms with Crippen LogP contribution in [-0.4, -0.2) is 31.3 Å². The lowest BCUT2D eigenvalue weighted by Gasteiger charge is -2.11. The molecule has 100 valence electrons. The minimum absolute atomic E-state index is 0.0120. The molecule has 0 saturated carbocycles. The van der Waals surface area contributed by atoms with E-state index in [2.05, 4.69) is 15.5 Å². The van der Waals surface area contributed by atoms with Gasteiger partial charge in [0.05, 0.1) is 15.6 Å². The van der Waals surface area contributed by atoms with Crippen molar-refractivity contribution in [1.82, 2.24) is 20.2 Å². The molecule has 1 N–H and O–H groups in total. The van der Waals surface area contributed by atoms with Gasteiger partial charge in [-0.05, 0) is 22.6 Å². The molecule has 1 aromatic carbocycles. The fraction of sp³-hybridized carbons (Fsp3) is 0.273. The Morgan fingerprint density at radius 1 is 1.32 bits per heavy atom. The van der Waals surface area contributed by atoms with Crippen molar-refractivity contribution in [3.8, 4) is 5.69 Å². The van der Waals surface area contributed by atoms with E-state index in [1.165, 1.54) is 16.8 Å². The smallest absolute Gasteiger partial charge is 0.335 e. The molecule has 0 aliphatic heterocycles. The number of aromatic nitrogens is 4. The van der Waals surface area contributed by atoms with E-state index in [0.717, 1.165) is 0 Å². The molecule has 0 fully saturated rings. The first-order valence-corrected chi connectivity index (χ1v) is 6.18. The highest BCUT2D eigenvalue weighted by atomic mass is 35.5. The Balaban J connectivity index is 2.63. The van der Waals surface area contributed by atoms with E-state index < -0.39 is 5.97 Å². The lowest BCUT2D eigenvalue weighted by Crippen LogP contribution is -2.07. The van der Waals surface area contributed by atoms with Crippen LogP contribution < -0.4 is 0 Å². The van der Waals surface area contributed by atoms with Crippen LogP contribution in [0.25, 0.3) is 5.69 Å². The Hall–Kier alpha value is -1.66. The van der Waals surface area contributed by atoms with Gasteiger partial charge in [-0.2, -0.15) is 4.68 Å². The molecule has 0 amide bonds. The Bertz CT molecular complexity index is 616. The minimum Gasteiger partial charge on any atom is -0.478 e. The van der Waals surface area contributed by atoms with E-state index in [-0.39, 0.29) is 21.5 Å². The normalized spacial score (nSPS) is 11.0. The maximum Gasteiger partial charge on any atom is 0.335 e. The van der Waals surface area contributed by atoms with Crippen molar-refractivity contribution in [1.29, 1.82) is 0 Å². The van der Waals surface area contributed by atoms with Crippen molar-refractivity contribution < 1.29 is 9.90 Å². The van der Waals surface area contributed by atoms with E-state index in [1.54, 1.807) is 0 Å². The Morgan fingerprint density at radius 3 is 2.37 bits per heavy atom. The number of nitrogens with zero attached hydrogens (tertiary/aromatic N) is 4. The highest BCUT2D eigenvalue weighted by Crippen LogP contribution is 2.31. The molecular weight excluding hydrogens is 291 g/mol. The van der Waals surface area contributed by atoms with E-state index in [4.69, 9.17) is 28.3 Å². The van der Waals surface area contributed by atoms with Gasteiger partial charge in [0.2, 0.25) is 0 Å². The van der Waals surface area contributed by atoms with E-state index >= 15 is 0 Å². The van der Waals surface area contributed by atoms with Crippen LogP contribution in [0.3, 0.4) is 0 Å². The number of tetrazole rings is 1. The van der Waals surface area contributed by atoms with Gasteiger partial charge in [-0.1, -0.05) is 37.0 Å². The van der Waals surface area contributed by atoms with E-state index in [1.807, 2.05) is 13.8 Å². The molecule has 1 aromatic heterocycles. The Labute approximate surface area is 118 Å². The summed E-state index contributed by atoms with van der Waals surface area (Å²) >= 11 is 12.2. The molecule has 0 aliphatic carbocycles. The van der Waals surface area contributed by atoms with Gasteiger partial charge in [-0.25, -0.2) is 4.79 Å². The highest BCUT2D eigenvalue weighted by Gasteiger charge is 2.19. The maximum absolute atomic E-state index is 10.9. The Kier molecular flexibility index (Phi) is 3.73. The summed E-state index contributed by atoms with van der Waals surface area (Å²) in [4.78, 5) is 10.9. The van der Waals surface area contributed by atoms with Crippen LogP contribution in [0.2, 0.25) is 10.0 Å². The van der Waals surface area contributed by atoms with Gasteiger partial charge < -0.3 is 5.11 Å².